The molecule has 1 saturated heterocycles. The molecular weight excluding hydrogens is 494 g/mol. The second-order valence-corrected chi connectivity index (χ2v) is 12.7. The third-order valence-corrected chi connectivity index (χ3v) is 8.21. The normalized spacial score (nSPS) is 21.0. The van der Waals surface area contributed by atoms with Crippen molar-refractivity contribution < 1.29 is 29.2 Å². The minimum atomic E-state index is -0.662. The quantitative estimate of drug-likeness (QED) is 0.0993. The van der Waals surface area contributed by atoms with Gasteiger partial charge in [-0.2, -0.15) is 0 Å². The van der Waals surface area contributed by atoms with E-state index in [4.69, 9.17) is 14.2 Å². The second kappa shape index (κ2) is 20.9. The molecule has 232 valence electrons. The zero-order chi connectivity index (χ0) is 29.1. The highest BCUT2D eigenvalue weighted by atomic mass is 16.7. The maximum absolute atomic E-state index is 12.5. The highest BCUT2D eigenvalue weighted by Crippen LogP contribution is 2.32. The number of methoxy groups -OCH3 is 1. The van der Waals surface area contributed by atoms with Crippen molar-refractivity contribution in [1.29, 1.82) is 0 Å². The van der Waals surface area contributed by atoms with E-state index in [2.05, 4.69) is 13.8 Å². The van der Waals surface area contributed by atoms with Crippen LogP contribution < -0.4 is 0 Å². The average molecular weight is 558 g/mol. The Bertz CT molecular complexity index is 610. The molecule has 0 unspecified atom stereocenters. The van der Waals surface area contributed by atoms with Gasteiger partial charge in [-0.3, -0.25) is 4.90 Å². The van der Waals surface area contributed by atoms with Gasteiger partial charge in [0.05, 0.1) is 30.9 Å². The van der Waals surface area contributed by atoms with Crippen molar-refractivity contribution in [2.45, 2.75) is 174 Å². The summed E-state index contributed by atoms with van der Waals surface area (Å²) in [6.07, 6.45) is 20.2. The molecule has 0 aromatic heterocycles. The minimum absolute atomic E-state index is 0.235. The topological polar surface area (TPSA) is 88.5 Å². The lowest BCUT2D eigenvalue weighted by Gasteiger charge is -2.51. The van der Waals surface area contributed by atoms with Crippen LogP contribution in [0.4, 0.5) is 4.79 Å². The number of rotatable bonds is 23. The van der Waals surface area contributed by atoms with Gasteiger partial charge in [0, 0.05) is 7.11 Å². The first-order valence-electron chi connectivity index (χ1n) is 16.1. The lowest BCUT2D eigenvalue weighted by Crippen LogP contribution is -2.71. The highest BCUT2D eigenvalue weighted by Gasteiger charge is 2.50. The summed E-state index contributed by atoms with van der Waals surface area (Å²) in [6.45, 7) is 10.2. The Morgan fingerprint density at radius 2 is 1.33 bits per heavy atom. The number of aliphatic hydroxyl groups is 2. The molecule has 1 aliphatic heterocycles. The Labute approximate surface area is 240 Å². The fraction of sp³-hybridized carbons (Fsp3) is 0.969. The first-order valence-corrected chi connectivity index (χ1v) is 16.1. The first-order chi connectivity index (χ1) is 18.7. The van der Waals surface area contributed by atoms with Gasteiger partial charge >= 0.3 is 6.09 Å². The van der Waals surface area contributed by atoms with E-state index in [-0.39, 0.29) is 12.6 Å². The zero-order valence-corrected chi connectivity index (χ0v) is 26.3. The van der Waals surface area contributed by atoms with Crippen LogP contribution in [0.2, 0.25) is 0 Å². The number of unbranched alkanes of at least 4 members (excludes halogenated alkanes) is 13. The van der Waals surface area contributed by atoms with Gasteiger partial charge in [-0.25, -0.2) is 4.79 Å². The summed E-state index contributed by atoms with van der Waals surface area (Å²) in [7, 11) is 1.69. The van der Waals surface area contributed by atoms with E-state index in [1.54, 1.807) is 12.0 Å². The Balaban J connectivity index is 1.97. The third-order valence-electron chi connectivity index (χ3n) is 8.21. The molecule has 1 amide bonds. The Morgan fingerprint density at radius 1 is 0.846 bits per heavy atom. The van der Waals surface area contributed by atoms with Crippen LogP contribution in [0.3, 0.4) is 0 Å². The molecule has 39 heavy (non-hydrogen) atoms. The van der Waals surface area contributed by atoms with E-state index in [9.17, 15) is 15.0 Å². The van der Waals surface area contributed by atoms with Crippen LogP contribution in [0.25, 0.3) is 0 Å². The monoisotopic (exact) mass is 557 g/mol. The van der Waals surface area contributed by atoms with Crippen LogP contribution in [-0.4, -0.2) is 71.6 Å². The average Bonchev–Trinajstić information content (AvgIpc) is 2.88. The number of aliphatic hydroxyl groups excluding tert-OH is 2. The van der Waals surface area contributed by atoms with Gasteiger partial charge in [-0.1, -0.05) is 110 Å². The van der Waals surface area contributed by atoms with Crippen LogP contribution >= 0.6 is 0 Å². The van der Waals surface area contributed by atoms with Gasteiger partial charge in [0.2, 0.25) is 0 Å². The number of carbonyl (C=O) groups is 1. The number of nitrogens with zero attached hydrogens (tertiary/aromatic N) is 1. The number of hydrogen-bond acceptors (Lipinski definition) is 6. The van der Waals surface area contributed by atoms with E-state index in [1.807, 2.05) is 20.8 Å². The maximum Gasteiger partial charge on any atom is 0.411 e. The van der Waals surface area contributed by atoms with Crippen LogP contribution in [0.15, 0.2) is 0 Å². The van der Waals surface area contributed by atoms with Crippen LogP contribution in [0.1, 0.15) is 144 Å². The molecule has 7 nitrogen and oxygen atoms in total. The molecule has 2 N–H and O–H groups in total. The summed E-state index contributed by atoms with van der Waals surface area (Å²) < 4.78 is 16.4. The van der Waals surface area contributed by atoms with Crippen molar-refractivity contribution in [2.75, 3.05) is 20.5 Å². The SMILES string of the molecule is CC[C@H](C)[C@H](CCCCCCCCCCCCCCCC[C@H]1[C@@H](O)[C@H](CO)N1C(=O)OC(C)(C)C)OCOC. The Hall–Kier alpha value is -0.890. The summed E-state index contributed by atoms with van der Waals surface area (Å²) >= 11 is 0. The molecule has 0 bridgehead atoms. The molecule has 0 saturated carbocycles. The zero-order valence-electron chi connectivity index (χ0n) is 26.3. The van der Waals surface area contributed by atoms with Gasteiger partial charge in [-0.05, 0) is 39.5 Å². The van der Waals surface area contributed by atoms with Gasteiger partial charge in [0.15, 0.2) is 0 Å². The molecule has 1 rings (SSSR count). The summed E-state index contributed by atoms with van der Waals surface area (Å²) in [6, 6.07) is -0.785. The smallest absolute Gasteiger partial charge is 0.411 e. The molecule has 5 atom stereocenters. The molecule has 0 aromatic carbocycles. The van der Waals surface area contributed by atoms with E-state index < -0.39 is 23.8 Å². The molecule has 0 aromatic rings. The molecule has 1 heterocycles. The van der Waals surface area contributed by atoms with Crippen molar-refractivity contribution in [3.05, 3.63) is 0 Å². The van der Waals surface area contributed by atoms with E-state index >= 15 is 0 Å². The molecule has 1 aliphatic rings. The summed E-state index contributed by atoms with van der Waals surface area (Å²) in [5.41, 5.74) is -0.584. The number of ether oxygens (including phenoxy) is 3. The molecular formula is C32H63NO6. The molecule has 0 radical (unpaired) electrons. The largest absolute Gasteiger partial charge is 0.444 e. The predicted molar refractivity (Wildman–Crippen MR) is 159 cm³/mol. The van der Waals surface area contributed by atoms with Crippen molar-refractivity contribution in [3.8, 4) is 0 Å². The van der Waals surface area contributed by atoms with Crippen LogP contribution in [0.5, 0.6) is 0 Å². The number of amides is 1. The summed E-state index contributed by atoms with van der Waals surface area (Å²) in [5.74, 6) is 0.596. The number of carbonyl (C=O) groups excluding carboxylic acids is 1. The molecule has 7 heteroatoms. The number of likely N-dealkylation sites (tertiary alicyclic amines) is 1. The summed E-state index contributed by atoms with van der Waals surface area (Å²) in [4.78, 5) is 14.0. The van der Waals surface area contributed by atoms with E-state index in [1.165, 1.54) is 77.0 Å². The van der Waals surface area contributed by atoms with Crippen LogP contribution in [0, 0.1) is 5.92 Å². The van der Waals surface area contributed by atoms with Gasteiger partial charge < -0.3 is 24.4 Å². The fourth-order valence-electron chi connectivity index (χ4n) is 5.59. The van der Waals surface area contributed by atoms with Gasteiger partial charge in [0.1, 0.15) is 12.4 Å². The van der Waals surface area contributed by atoms with Crippen molar-refractivity contribution in [2.24, 2.45) is 5.92 Å². The molecule has 0 aliphatic carbocycles. The number of hydrogen-bond donors (Lipinski definition) is 2. The van der Waals surface area contributed by atoms with Crippen LogP contribution in [-0.2, 0) is 14.2 Å². The summed E-state index contributed by atoms with van der Waals surface area (Å²) in [5, 5.41) is 19.9. The fourth-order valence-corrected chi connectivity index (χ4v) is 5.59. The first kappa shape index (κ1) is 36.1. The van der Waals surface area contributed by atoms with Gasteiger partial charge in [-0.15, -0.1) is 0 Å². The van der Waals surface area contributed by atoms with Crippen molar-refractivity contribution in [3.63, 3.8) is 0 Å². The second-order valence-electron chi connectivity index (χ2n) is 12.7. The highest BCUT2D eigenvalue weighted by molar-refractivity contribution is 5.70. The van der Waals surface area contributed by atoms with Gasteiger partial charge in [0.25, 0.3) is 0 Å². The Morgan fingerprint density at radius 3 is 1.77 bits per heavy atom. The minimum Gasteiger partial charge on any atom is -0.444 e. The molecule has 1 fully saturated rings. The van der Waals surface area contributed by atoms with Crippen molar-refractivity contribution >= 4 is 6.09 Å². The molecule has 0 spiro atoms. The standard InChI is InChI=1S/C32H63NO6/c1-7-26(2)29(38-25-37-6)23-21-19-17-15-13-11-9-8-10-12-14-16-18-20-22-27-30(35)28(24-34)33(27)31(36)39-32(3,4)5/h26-30,34-35H,7-25H2,1-6H3/t26-,27-,28-,29-,30+/m0/s1. The lowest BCUT2D eigenvalue weighted by molar-refractivity contribution is -0.131. The predicted octanol–water partition coefficient (Wildman–Crippen LogP) is 7.60. The Kier molecular flexibility index (Phi) is 19.4. The lowest BCUT2D eigenvalue weighted by atomic mass is 9.86. The van der Waals surface area contributed by atoms with E-state index in [0.717, 1.165) is 32.1 Å². The van der Waals surface area contributed by atoms with E-state index in [0.29, 0.717) is 18.8 Å². The third kappa shape index (κ3) is 15.1. The maximum atomic E-state index is 12.5. The van der Waals surface area contributed by atoms with Crippen molar-refractivity contribution in [1.82, 2.24) is 4.90 Å².